The second-order valence-electron chi connectivity index (χ2n) is 6.14. The first-order chi connectivity index (χ1) is 10.2. The maximum absolute atomic E-state index is 12.3. The molecule has 2 heterocycles. The fraction of sp³-hybridized carbons (Fsp3) is 0.562. The van der Waals surface area contributed by atoms with Crippen molar-refractivity contribution in [2.24, 2.45) is 5.41 Å². The molecule has 3 rings (SSSR count). The molecule has 1 aromatic carbocycles. The Morgan fingerprint density at radius 1 is 1.33 bits per heavy atom. The van der Waals surface area contributed by atoms with Crippen molar-refractivity contribution in [3.05, 3.63) is 24.3 Å². The summed E-state index contributed by atoms with van der Waals surface area (Å²) in [6, 6.07) is 7.43. The number of ether oxygens (including phenoxy) is 2. The summed E-state index contributed by atoms with van der Waals surface area (Å²) in [5.74, 6) is 1.24. The van der Waals surface area contributed by atoms with Crippen molar-refractivity contribution < 1.29 is 14.3 Å². The number of fused-ring (bicyclic) bond motifs is 1. The van der Waals surface area contributed by atoms with Gasteiger partial charge in [-0.25, -0.2) is 0 Å². The van der Waals surface area contributed by atoms with E-state index in [2.05, 4.69) is 17.6 Å². The minimum Gasteiger partial charge on any atom is -0.485 e. The van der Waals surface area contributed by atoms with Crippen LogP contribution in [0, 0.1) is 5.41 Å². The van der Waals surface area contributed by atoms with Gasteiger partial charge in [0, 0.05) is 6.54 Å². The summed E-state index contributed by atoms with van der Waals surface area (Å²) in [5.41, 5.74) is 0.175. The first-order valence-corrected chi connectivity index (χ1v) is 7.53. The molecule has 2 aliphatic rings. The Morgan fingerprint density at radius 2 is 2.05 bits per heavy atom. The van der Waals surface area contributed by atoms with Crippen LogP contribution in [0.4, 0.5) is 0 Å². The van der Waals surface area contributed by atoms with Gasteiger partial charge in [0.1, 0.15) is 6.61 Å². The smallest absolute Gasteiger partial charge is 0.264 e. The van der Waals surface area contributed by atoms with E-state index in [1.165, 1.54) is 0 Å². The average Bonchev–Trinajstić information content (AvgIpc) is 2.53. The fourth-order valence-electron chi connectivity index (χ4n) is 2.77. The van der Waals surface area contributed by atoms with E-state index in [4.69, 9.17) is 9.47 Å². The molecule has 2 N–H and O–H groups in total. The Hall–Kier alpha value is -1.75. The minimum atomic E-state index is -0.565. The topological polar surface area (TPSA) is 59.6 Å². The summed E-state index contributed by atoms with van der Waals surface area (Å²) in [6.45, 7) is 5.21. The normalized spacial score (nSPS) is 23.4. The van der Waals surface area contributed by atoms with Gasteiger partial charge < -0.3 is 20.1 Å². The van der Waals surface area contributed by atoms with Gasteiger partial charge >= 0.3 is 0 Å². The lowest BCUT2D eigenvalue weighted by Gasteiger charge is -2.35. The van der Waals surface area contributed by atoms with Gasteiger partial charge in [0.2, 0.25) is 6.10 Å². The van der Waals surface area contributed by atoms with E-state index in [1.54, 1.807) is 0 Å². The molecule has 1 unspecified atom stereocenters. The van der Waals surface area contributed by atoms with Crippen LogP contribution in [-0.2, 0) is 4.79 Å². The Balaban J connectivity index is 1.55. The van der Waals surface area contributed by atoms with Gasteiger partial charge in [-0.15, -0.1) is 0 Å². The van der Waals surface area contributed by atoms with E-state index in [0.717, 1.165) is 25.9 Å². The molecule has 0 spiro atoms. The monoisotopic (exact) mass is 290 g/mol. The van der Waals surface area contributed by atoms with Crippen LogP contribution in [-0.4, -0.2) is 38.3 Å². The minimum absolute atomic E-state index is 0.0933. The van der Waals surface area contributed by atoms with E-state index < -0.39 is 6.10 Å². The van der Waals surface area contributed by atoms with Crippen LogP contribution in [0.5, 0.6) is 11.5 Å². The molecule has 0 radical (unpaired) electrons. The molecule has 1 amide bonds. The quantitative estimate of drug-likeness (QED) is 0.882. The molecule has 1 atom stereocenters. The zero-order chi connectivity index (χ0) is 14.7. The number of hydrogen-bond acceptors (Lipinski definition) is 4. The van der Waals surface area contributed by atoms with Crippen molar-refractivity contribution >= 4 is 5.91 Å². The highest BCUT2D eigenvalue weighted by atomic mass is 16.6. The average molecular weight is 290 g/mol. The van der Waals surface area contributed by atoms with Crippen LogP contribution >= 0.6 is 0 Å². The van der Waals surface area contributed by atoms with E-state index in [1.807, 2.05) is 24.3 Å². The van der Waals surface area contributed by atoms with Crippen molar-refractivity contribution in [2.75, 3.05) is 26.2 Å². The standard InChI is InChI=1S/C16H22N2O3/c1-16(6-8-17-9-7-16)11-18-15(19)14-10-20-12-4-2-3-5-13(12)21-14/h2-5,14,17H,6-11H2,1H3,(H,18,19). The summed E-state index contributed by atoms with van der Waals surface area (Å²) in [7, 11) is 0. The highest BCUT2D eigenvalue weighted by Crippen LogP contribution is 2.31. The van der Waals surface area contributed by atoms with Gasteiger partial charge in [0.05, 0.1) is 0 Å². The van der Waals surface area contributed by atoms with Crippen LogP contribution in [0.25, 0.3) is 0 Å². The molecule has 5 nitrogen and oxygen atoms in total. The van der Waals surface area contributed by atoms with Crippen LogP contribution in [0.15, 0.2) is 24.3 Å². The summed E-state index contributed by atoms with van der Waals surface area (Å²) in [5, 5.41) is 6.37. The highest BCUT2D eigenvalue weighted by Gasteiger charge is 2.31. The fourth-order valence-corrected chi connectivity index (χ4v) is 2.77. The van der Waals surface area contributed by atoms with E-state index in [0.29, 0.717) is 18.0 Å². The molecule has 5 heteroatoms. The van der Waals surface area contributed by atoms with Crippen molar-refractivity contribution in [1.82, 2.24) is 10.6 Å². The third-order valence-corrected chi connectivity index (χ3v) is 4.30. The molecular weight excluding hydrogens is 268 g/mol. The number of benzene rings is 1. The Morgan fingerprint density at radius 3 is 2.81 bits per heavy atom. The molecule has 0 saturated carbocycles. The third-order valence-electron chi connectivity index (χ3n) is 4.30. The van der Waals surface area contributed by atoms with Gasteiger partial charge in [-0.05, 0) is 43.5 Å². The molecule has 1 fully saturated rings. The summed E-state index contributed by atoms with van der Waals surface area (Å²) in [6.07, 6.45) is 1.60. The SMILES string of the molecule is CC1(CNC(=O)C2COc3ccccc3O2)CCNCC1. The number of para-hydroxylation sites is 2. The largest absolute Gasteiger partial charge is 0.485 e. The number of piperidine rings is 1. The van der Waals surface area contributed by atoms with Gasteiger partial charge in [0.15, 0.2) is 11.5 Å². The number of carbonyl (C=O) groups is 1. The maximum atomic E-state index is 12.3. The molecule has 2 aliphatic heterocycles. The molecule has 1 aromatic rings. The zero-order valence-corrected chi connectivity index (χ0v) is 12.4. The Bertz CT molecular complexity index is 512. The van der Waals surface area contributed by atoms with Crippen LogP contribution in [0.1, 0.15) is 19.8 Å². The maximum Gasteiger partial charge on any atom is 0.264 e. The molecule has 0 aliphatic carbocycles. The first-order valence-electron chi connectivity index (χ1n) is 7.53. The van der Waals surface area contributed by atoms with E-state index in [9.17, 15) is 4.79 Å². The Kier molecular flexibility index (Phi) is 4.01. The number of amides is 1. The lowest BCUT2D eigenvalue weighted by molar-refractivity contribution is -0.130. The zero-order valence-electron chi connectivity index (χ0n) is 12.4. The number of nitrogens with one attached hydrogen (secondary N) is 2. The lowest BCUT2D eigenvalue weighted by atomic mass is 9.81. The van der Waals surface area contributed by atoms with Crippen molar-refractivity contribution in [3.63, 3.8) is 0 Å². The lowest BCUT2D eigenvalue weighted by Crippen LogP contribution is -2.48. The predicted octanol–water partition coefficient (Wildman–Crippen LogP) is 1.33. The summed E-state index contributed by atoms with van der Waals surface area (Å²) >= 11 is 0. The summed E-state index contributed by atoms with van der Waals surface area (Å²) in [4.78, 5) is 12.3. The summed E-state index contributed by atoms with van der Waals surface area (Å²) < 4.78 is 11.3. The Labute approximate surface area is 125 Å². The van der Waals surface area contributed by atoms with Gasteiger partial charge in [-0.2, -0.15) is 0 Å². The van der Waals surface area contributed by atoms with Crippen molar-refractivity contribution in [2.45, 2.75) is 25.9 Å². The van der Waals surface area contributed by atoms with Crippen LogP contribution in [0.2, 0.25) is 0 Å². The van der Waals surface area contributed by atoms with E-state index in [-0.39, 0.29) is 17.9 Å². The van der Waals surface area contributed by atoms with E-state index >= 15 is 0 Å². The predicted molar refractivity (Wildman–Crippen MR) is 79.6 cm³/mol. The second kappa shape index (κ2) is 5.93. The molecule has 21 heavy (non-hydrogen) atoms. The van der Waals surface area contributed by atoms with Crippen LogP contribution in [0.3, 0.4) is 0 Å². The van der Waals surface area contributed by atoms with Gasteiger partial charge in [-0.3, -0.25) is 4.79 Å². The molecule has 114 valence electrons. The number of hydrogen-bond donors (Lipinski definition) is 2. The molecule has 0 aromatic heterocycles. The van der Waals surface area contributed by atoms with Gasteiger partial charge in [-0.1, -0.05) is 19.1 Å². The first kappa shape index (κ1) is 14.2. The molecule has 1 saturated heterocycles. The number of rotatable bonds is 3. The third kappa shape index (κ3) is 3.29. The second-order valence-corrected chi connectivity index (χ2v) is 6.14. The van der Waals surface area contributed by atoms with Crippen molar-refractivity contribution in [1.29, 1.82) is 0 Å². The number of carbonyl (C=O) groups excluding carboxylic acids is 1. The van der Waals surface area contributed by atoms with Crippen LogP contribution < -0.4 is 20.1 Å². The highest BCUT2D eigenvalue weighted by molar-refractivity contribution is 5.81. The molecular formula is C16H22N2O3. The van der Waals surface area contributed by atoms with Crippen molar-refractivity contribution in [3.8, 4) is 11.5 Å². The molecule has 0 bridgehead atoms. The van der Waals surface area contributed by atoms with Gasteiger partial charge in [0.25, 0.3) is 5.91 Å².